The Balaban J connectivity index is 2.01. The lowest BCUT2D eigenvalue weighted by atomic mass is 9.76. The Kier molecular flexibility index (Phi) is 4.45. The molecule has 2 rings (SSSR count). The highest BCUT2D eigenvalue weighted by Gasteiger charge is 2.40. The first-order valence-corrected chi connectivity index (χ1v) is 7.22. The van der Waals surface area contributed by atoms with Crippen LogP contribution in [0.2, 0.25) is 0 Å². The topological polar surface area (TPSA) is 35.5 Å². The molecule has 0 spiro atoms. The Morgan fingerprint density at radius 1 is 1.29 bits per heavy atom. The quantitative estimate of drug-likeness (QED) is 0.766. The Morgan fingerprint density at radius 2 is 2.06 bits per heavy atom. The molecule has 1 unspecified atom stereocenters. The van der Waals surface area contributed by atoms with Crippen molar-refractivity contribution in [3.8, 4) is 0 Å². The van der Waals surface area contributed by atoms with Gasteiger partial charge in [0.15, 0.2) is 0 Å². The highest BCUT2D eigenvalue weighted by atomic mass is 16.3. The van der Waals surface area contributed by atoms with Gasteiger partial charge in [-0.15, -0.1) is 0 Å². The van der Waals surface area contributed by atoms with Crippen LogP contribution in [0.3, 0.4) is 0 Å². The average molecular weight is 240 g/mol. The van der Waals surface area contributed by atoms with Crippen LogP contribution < -0.4 is 5.32 Å². The molecule has 0 bridgehead atoms. The van der Waals surface area contributed by atoms with Crippen LogP contribution >= 0.6 is 0 Å². The average Bonchev–Trinajstić information content (AvgIpc) is 2.21. The van der Waals surface area contributed by atoms with Gasteiger partial charge < -0.3 is 10.4 Å². The minimum Gasteiger partial charge on any atom is -0.396 e. The summed E-state index contributed by atoms with van der Waals surface area (Å²) < 4.78 is 0. The van der Waals surface area contributed by atoms with Gasteiger partial charge in [-0.2, -0.15) is 0 Å². The highest BCUT2D eigenvalue weighted by molar-refractivity contribution is 4.95. The molecule has 1 saturated heterocycles. The van der Waals surface area contributed by atoms with E-state index in [1.54, 1.807) is 0 Å². The summed E-state index contributed by atoms with van der Waals surface area (Å²) in [6, 6.07) is 1.49. The highest BCUT2D eigenvalue weighted by Crippen LogP contribution is 2.35. The van der Waals surface area contributed by atoms with E-state index in [1.165, 1.54) is 25.7 Å². The van der Waals surface area contributed by atoms with E-state index in [-0.39, 0.29) is 0 Å². The van der Waals surface area contributed by atoms with Gasteiger partial charge in [-0.05, 0) is 37.6 Å². The first kappa shape index (κ1) is 13.3. The van der Waals surface area contributed by atoms with Crippen LogP contribution in [0.5, 0.6) is 0 Å². The lowest BCUT2D eigenvalue weighted by molar-refractivity contribution is -0.00286. The minimum atomic E-state index is 0.328. The third-order valence-corrected chi connectivity index (χ3v) is 4.60. The van der Waals surface area contributed by atoms with Gasteiger partial charge in [0.1, 0.15) is 0 Å². The third-order valence-electron chi connectivity index (χ3n) is 4.60. The van der Waals surface area contributed by atoms with E-state index < -0.39 is 0 Å². The van der Waals surface area contributed by atoms with E-state index in [1.807, 2.05) is 0 Å². The van der Waals surface area contributed by atoms with Crippen LogP contribution in [0.15, 0.2) is 0 Å². The molecule has 17 heavy (non-hydrogen) atoms. The summed E-state index contributed by atoms with van der Waals surface area (Å²) in [4.78, 5) is 2.71. The summed E-state index contributed by atoms with van der Waals surface area (Å²) in [5, 5.41) is 12.6. The van der Waals surface area contributed by atoms with E-state index in [2.05, 4.69) is 24.1 Å². The van der Waals surface area contributed by atoms with Gasteiger partial charge in [0.25, 0.3) is 0 Å². The van der Waals surface area contributed by atoms with Crippen LogP contribution in [0.1, 0.15) is 46.0 Å². The van der Waals surface area contributed by atoms with E-state index in [9.17, 15) is 0 Å². The maximum absolute atomic E-state index is 9.08. The first-order valence-electron chi connectivity index (χ1n) is 7.22. The molecule has 1 aliphatic carbocycles. The Bertz CT molecular complexity index is 238. The fourth-order valence-electron chi connectivity index (χ4n) is 3.34. The van der Waals surface area contributed by atoms with Crippen molar-refractivity contribution in [2.45, 2.75) is 58.0 Å². The minimum absolute atomic E-state index is 0.328. The number of rotatable bonds is 5. The number of piperidine rings is 1. The molecular weight excluding hydrogens is 212 g/mol. The smallest absolute Gasteiger partial charge is 0.0443 e. The van der Waals surface area contributed by atoms with Crippen LogP contribution in [0.4, 0.5) is 0 Å². The molecule has 1 atom stereocenters. The van der Waals surface area contributed by atoms with Gasteiger partial charge in [0.05, 0.1) is 0 Å². The monoisotopic (exact) mass is 240 g/mol. The van der Waals surface area contributed by atoms with Gasteiger partial charge >= 0.3 is 0 Å². The van der Waals surface area contributed by atoms with E-state index in [0.717, 1.165) is 32.1 Å². The molecule has 1 aliphatic heterocycles. The van der Waals surface area contributed by atoms with Crippen molar-refractivity contribution in [2.75, 3.05) is 26.2 Å². The standard InChI is InChI=1S/C14H28N2O/c1-14(2)11-15-8-7-13(14)16(9-4-10-17)12-5-3-6-12/h12-13,15,17H,3-11H2,1-2H3. The normalized spacial score (nSPS) is 29.3. The Labute approximate surface area is 106 Å². The maximum Gasteiger partial charge on any atom is 0.0443 e. The Morgan fingerprint density at radius 3 is 2.59 bits per heavy atom. The largest absolute Gasteiger partial charge is 0.396 e. The summed E-state index contributed by atoms with van der Waals surface area (Å²) in [5.41, 5.74) is 0.364. The second-order valence-electron chi connectivity index (χ2n) is 6.37. The third kappa shape index (κ3) is 3.01. The molecule has 0 aromatic rings. The summed E-state index contributed by atoms with van der Waals surface area (Å²) >= 11 is 0. The summed E-state index contributed by atoms with van der Waals surface area (Å²) in [5.74, 6) is 0. The molecule has 0 aromatic carbocycles. The first-order chi connectivity index (χ1) is 8.15. The molecule has 2 aliphatic rings. The lowest BCUT2D eigenvalue weighted by Crippen LogP contribution is -2.58. The van der Waals surface area contributed by atoms with Crippen molar-refractivity contribution >= 4 is 0 Å². The molecule has 0 radical (unpaired) electrons. The second kappa shape index (κ2) is 5.68. The Hall–Kier alpha value is -0.120. The molecule has 3 heteroatoms. The van der Waals surface area contributed by atoms with Crippen molar-refractivity contribution in [3.63, 3.8) is 0 Å². The van der Waals surface area contributed by atoms with Crippen LogP contribution in [0.25, 0.3) is 0 Å². The molecule has 0 aromatic heterocycles. The van der Waals surface area contributed by atoms with Crippen molar-refractivity contribution in [1.29, 1.82) is 0 Å². The number of nitrogens with zero attached hydrogens (tertiary/aromatic N) is 1. The van der Waals surface area contributed by atoms with Gasteiger partial charge in [-0.25, -0.2) is 0 Å². The molecule has 2 N–H and O–H groups in total. The SMILES string of the molecule is CC1(C)CNCCC1N(CCCO)C1CCC1. The zero-order valence-electron chi connectivity index (χ0n) is 11.4. The van der Waals surface area contributed by atoms with Crippen molar-refractivity contribution in [2.24, 2.45) is 5.41 Å². The number of hydrogen-bond donors (Lipinski definition) is 2. The van der Waals surface area contributed by atoms with Gasteiger partial charge in [0.2, 0.25) is 0 Å². The predicted molar refractivity (Wildman–Crippen MR) is 71.1 cm³/mol. The van der Waals surface area contributed by atoms with E-state index in [0.29, 0.717) is 18.1 Å². The number of aliphatic hydroxyl groups is 1. The van der Waals surface area contributed by atoms with Crippen LogP contribution in [0, 0.1) is 5.41 Å². The molecule has 1 saturated carbocycles. The molecule has 100 valence electrons. The van der Waals surface area contributed by atoms with E-state index in [4.69, 9.17) is 5.11 Å². The van der Waals surface area contributed by atoms with E-state index >= 15 is 0 Å². The van der Waals surface area contributed by atoms with Gasteiger partial charge in [0, 0.05) is 31.8 Å². The molecular formula is C14H28N2O. The molecule has 0 amide bonds. The van der Waals surface area contributed by atoms with Crippen LogP contribution in [-0.2, 0) is 0 Å². The van der Waals surface area contributed by atoms with Crippen molar-refractivity contribution in [3.05, 3.63) is 0 Å². The van der Waals surface area contributed by atoms with Gasteiger partial charge in [-0.3, -0.25) is 4.90 Å². The predicted octanol–water partition coefficient (Wildman–Crippen LogP) is 1.61. The molecule has 1 heterocycles. The van der Waals surface area contributed by atoms with Gasteiger partial charge in [-0.1, -0.05) is 20.3 Å². The fraction of sp³-hybridized carbons (Fsp3) is 1.00. The van der Waals surface area contributed by atoms with Crippen molar-refractivity contribution in [1.82, 2.24) is 10.2 Å². The van der Waals surface area contributed by atoms with Crippen LogP contribution in [-0.4, -0.2) is 48.3 Å². The second-order valence-corrected chi connectivity index (χ2v) is 6.37. The number of hydrogen-bond acceptors (Lipinski definition) is 3. The lowest BCUT2D eigenvalue weighted by Gasteiger charge is -2.51. The number of aliphatic hydroxyl groups excluding tert-OH is 1. The molecule has 3 nitrogen and oxygen atoms in total. The zero-order chi connectivity index (χ0) is 12.3. The fourth-order valence-corrected chi connectivity index (χ4v) is 3.34. The summed E-state index contributed by atoms with van der Waals surface area (Å²) in [6.45, 7) is 8.45. The maximum atomic E-state index is 9.08. The van der Waals surface area contributed by atoms with Crippen molar-refractivity contribution < 1.29 is 5.11 Å². The summed E-state index contributed by atoms with van der Waals surface area (Å²) in [7, 11) is 0. The summed E-state index contributed by atoms with van der Waals surface area (Å²) in [6.07, 6.45) is 6.31. The zero-order valence-corrected chi connectivity index (χ0v) is 11.4. The molecule has 2 fully saturated rings. The number of nitrogens with one attached hydrogen (secondary N) is 1.